The zero-order valence-corrected chi connectivity index (χ0v) is 8.89. The minimum atomic E-state index is -0.194. The van der Waals surface area contributed by atoms with E-state index in [1.165, 1.54) is 0 Å². The fraction of sp³-hybridized carbons (Fsp3) is 0.167. The molecule has 84 valence electrons. The van der Waals surface area contributed by atoms with Gasteiger partial charge in [-0.2, -0.15) is 0 Å². The zero-order valence-electron chi connectivity index (χ0n) is 8.89. The number of nitrogens with one attached hydrogen (secondary N) is 1. The lowest BCUT2D eigenvalue weighted by Gasteiger charge is -2.20. The van der Waals surface area contributed by atoms with Gasteiger partial charge in [-0.3, -0.25) is 0 Å². The highest BCUT2D eigenvalue weighted by Gasteiger charge is 2.10. The van der Waals surface area contributed by atoms with Crippen LogP contribution in [-0.2, 0) is 11.3 Å². The Morgan fingerprint density at radius 1 is 1.31 bits per heavy atom. The van der Waals surface area contributed by atoms with Crippen LogP contribution in [0.25, 0.3) is 0 Å². The van der Waals surface area contributed by atoms with Gasteiger partial charge in [0.05, 0.1) is 17.6 Å². The SMILES string of the molecule is NCc1cccc(N)c1NC1C=CC=CO1. The second-order valence-electron chi connectivity index (χ2n) is 3.50. The quantitative estimate of drug-likeness (QED) is 0.672. The molecular weight excluding hydrogens is 202 g/mol. The molecule has 0 saturated carbocycles. The van der Waals surface area contributed by atoms with Gasteiger partial charge in [0, 0.05) is 6.54 Å². The van der Waals surface area contributed by atoms with Crippen LogP contribution in [-0.4, -0.2) is 6.23 Å². The van der Waals surface area contributed by atoms with E-state index < -0.39 is 0 Å². The summed E-state index contributed by atoms with van der Waals surface area (Å²) in [5.41, 5.74) is 14.1. The number of benzene rings is 1. The molecule has 0 radical (unpaired) electrons. The summed E-state index contributed by atoms with van der Waals surface area (Å²) in [7, 11) is 0. The van der Waals surface area contributed by atoms with Gasteiger partial charge in [0.25, 0.3) is 0 Å². The van der Waals surface area contributed by atoms with E-state index in [0.717, 1.165) is 11.3 Å². The first-order chi connectivity index (χ1) is 7.81. The number of hydrogen-bond acceptors (Lipinski definition) is 4. The number of allylic oxidation sites excluding steroid dienone is 2. The third-order valence-electron chi connectivity index (χ3n) is 2.39. The van der Waals surface area contributed by atoms with E-state index in [1.54, 1.807) is 6.26 Å². The van der Waals surface area contributed by atoms with Crippen LogP contribution in [0.2, 0.25) is 0 Å². The third-order valence-corrected chi connectivity index (χ3v) is 2.39. The van der Waals surface area contributed by atoms with E-state index in [9.17, 15) is 0 Å². The number of nitrogen functional groups attached to an aromatic ring is 1. The predicted molar refractivity (Wildman–Crippen MR) is 65.5 cm³/mol. The maximum Gasteiger partial charge on any atom is 0.188 e. The number of hydrogen-bond donors (Lipinski definition) is 3. The van der Waals surface area contributed by atoms with E-state index in [-0.39, 0.29) is 6.23 Å². The Morgan fingerprint density at radius 3 is 2.88 bits per heavy atom. The van der Waals surface area contributed by atoms with Gasteiger partial charge in [0.15, 0.2) is 6.23 Å². The van der Waals surface area contributed by atoms with Crippen LogP contribution < -0.4 is 16.8 Å². The molecule has 0 amide bonds. The normalized spacial score (nSPS) is 18.2. The van der Waals surface area contributed by atoms with Crippen molar-refractivity contribution in [3.8, 4) is 0 Å². The first kappa shape index (κ1) is 10.6. The first-order valence-electron chi connectivity index (χ1n) is 5.14. The molecule has 0 bridgehead atoms. The van der Waals surface area contributed by atoms with Crippen LogP contribution >= 0.6 is 0 Å². The van der Waals surface area contributed by atoms with Gasteiger partial charge in [-0.15, -0.1) is 0 Å². The molecule has 1 aliphatic rings. The highest BCUT2D eigenvalue weighted by Crippen LogP contribution is 2.24. The molecule has 0 saturated heterocycles. The maximum absolute atomic E-state index is 5.90. The highest BCUT2D eigenvalue weighted by molar-refractivity contribution is 5.70. The minimum Gasteiger partial charge on any atom is -0.475 e. The van der Waals surface area contributed by atoms with Crippen molar-refractivity contribution in [3.63, 3.8) is 0 Å². The number of para-hydroxylation sites is 1. The van der Waals surface area contributed by atoms with Gasteiger partial charge in [0.2, 0.25) is 0 Å². The summed E-state index contributed by atoms with van der Waals surface area (Å²) in [5.74, 6) is 0. The van der Waals surface area contributed by atoms with E-state index in [4.69, 9.17) is 16.2 Å². The van der Waals surface area contributed by atoms with Crippen molar-refractivity contribution in [2.75, 3.05) is 11.1 Å². The molecule has 0 aromatic heterocycles. The summed E-state index contributed by atoms with van der Waals surface area (Å²) in [6, 6.07) is 5.67. The fourth-order valence-corrected chi connectivity index (χ4v) is 1.58. The molecule has 1 atom stereocenters. The molecule has 0 spiro atoms. The van der Waals surface area contributed by atoms with Crippen LogP contribution in [0, 0.1) is 0 Å². The maximum atomic E-state index is 5.90. The molecule has 2 rings (SSSR count). The molecule has 4 heteroatoms. The second kappa shape index (κ2) is 4.72. The summed E-state index contributed by atoms with van der Waals surface area (Å²) in [6.07, 6.45) is 7.10. The average molecular weight is 217 g/mol. The lowest BCUT2D eigenvalue weighted by atomic mass is 10.1. The van der Waals surface area contributed by atoms with Crippen LogP contribution in [0.3, 0.4) is 0 Å². The highest BCUT2D eigenvalue weighted by atomic mass is 16.5. The number of ether oxygens (including phenoxy) is 1. The summed E-state index contributed by atoms with van der Waals surface area (Å²) in [6.45, 7) is 0.444. The van der Waals surface area contributed by atoms with Crippen molar-refractivity contribution in [1.82, 2.24) is 0 Å². The molecule has 1 aromatic rings. The molecular formula is C12H15N3O. The van der Waals surface area contributed by atoms with E-state index in [2.05, 4.69) is 5.32 Å². The largest absolute Gasteiger partial charge is 0.475 e. The number of rotatable bonds is 3. The van der Waals surface area contributed by atoms with Crippen molar-refractivity contribution in [2.45, 2.75) is 12.8 Å². The Balaban J connectivity index is 2.19. The van der Waals surface area contributed by atoms with Crippen molar-refractivity contribution >= 4 is 11.4 Å². The topological polar surface area (TPSA) is 73.3 Å². The standard InChI is InChI=1S/C12H15N3O/c13-8-9-4-3-5-10(14)12(9)15-11-6-1-2-7-16-11/h1-7,11,15H,8,13-14H2. The van der Waals surface area contributed by atoms with Gasteiger partial charge >= 0.3 is 0 Å². The van der Waals surface area contributed by atoms with Crippen LogP contribution in [0.15, 0.2) is 42.7 Å². The average Bonchev–Trinajstić information content (AvgIpc) is 2.33. The lowest BCUT2D eigenvalue weighted by molar-refractivity contribution is 0.208. The first-order valence-corrected chi connectivity index (χ1v) is 5.14. The Labute approximate surface area is 94.6 Å². The van der Waals surface area contributed by atoms with Gasteiger partial charge in [-0.05, 0) is 23.8 Å². The fourth-order valence-electron chi connectivity index (χ4n) is 1.58. The lowest BCUT2D eigenvalue weighted by Crippen LogP contribution is -2.21. The minimum absolute atomic E-state index is 0.194. The summed E-state index contributed by atoms with van der Waals surface area (Å²) in [4.78, 5) is 0. The molecule has 1 aromatic carbocycles. The summed E-state index contributed by atoms with van der Waals surface area (Å²) in [5, 5.41) is 3.20. The Hall–Kier alpha value is -1.94. The molecule has 0 aliphatic carbocycles. The second-order valence-corrected chi connectivity index (χ2v) is 3.50. The van der Waals surface area contributed by atoms with Crippen LogP contribution in [0.4, 0.5) is 11.4 Å². The summed E-state index contributed by atoms with van der Waals surface area (Å²) < 4.78 is 5.36. The van der Waals surface area contributed by atoms with E-state index >= 15 is 0 Å². The van der Waals surface area contributed by atoms with Gasteiger partial charge in [-0.25, -0.2) is 0 Å². The van der Waals surface area contributed by atoms with Crippen LogP contribution in [0.5, 0.6) is 0 Å². The molecule has 0 fully saturated rings. The third kappa shape index (κ3) is 2.17. The van der Waals surface area contributed by atoms with Crippen molar-refractivity contribution in [1.29, 1.82) is 0 Å². The van der Waals surface area contributed by atoms with E-state index in [0.29, 0.717) is 12.2 Å². The summed E-state index contributed by atoms with van der Waals surface area (Å²) >= 11 is 0. The van der Waals surface area contributed by atoms with E-state index in [1.807, 2.05) is 36.4 Å². The molecule has 1 aliphatic heterocycles. The monoisotopic (exact) mass is 217 g/mol. The van der Waals surface area contributed by atoms with Crippen LogP contribution in [0.1, 0.15) is 5.56 Å². The Bertz CT molecular complexity index is 426. The smallest absolute Gasteiger partial charge is 0.188 e. The molecule has 16 heavy (non-hydrogen) atoms. The molecule has 5 N–H and O–H groups in total. The van der Waals surface area contributed by atoms with Crippen molar-refractivity contribution in [3.05, 3.63) is 48.3 Å². The molecule has 1 unspecified atom stereocenters. The van der Waals surface area contributed by atoms with Gasteiger partial charge < -0.3 is 21.5 Å². The molecule has 4 nitrogen and oxygen atoms in total. The zero-order chi connectivity index (χ0) is 11.4. The number of nitrogens with two attached hydrogens (primary N) is 2. The van der Waals surface area contributed by atoms with Gasteiger partial charge in [0.1, 0.15) is 0 Å². The molecule has 1 heterocycles. The Kier molecular flexibility index (Phi) is 3.12. The van der Waals surface area contributed by atoms with Crippen molar-refractivity contribution < 1.29 is 4.74 Å². The predicted octanol–water partition coefficient (Wildman–Crippen LogP) is 1.57. The number of anilines is 2. The Morgan fingerprint density at radius 2 is 2.19 bits per heavy atom. The van der Waals surface area contributed by atoms with Crippen molar-refractivity contribution in [2.24, 2.45) is 5.73 Å². The van der Waals surface area contributed by atoms with Gasteiger partial charge in [-0.1, -0.05) is 18.2 Å².